The Labute approximate surface area is 203 Å². The summed E-state index contributed by atoms with van der Waals surface area (Å²) < 4.78 is 50.7. The lowest BCUT2D eigenvalue weighted by molar-refractivity contribution is -0.142. The lowest BCUT2D eigenvalue weighted by Crippen LogP contribution is -2.36. The molecule has 3 amide bonds. The van der Waals surface area contributed by atoms with Gasteiger partial charge in [-0.05, 0) is 48.2 Å². The Hall–Kier alpha value is -3.32. The van der Waals surface area contributed by atoms with E-state index in [0.29, 0.717) is 32.8 Å². The van der Waals surface area contributed by atoms with Crippen molar-refractivity contribution < 1.29 is 41.8 Å². The Kier molecular flexibility index (Phi) is 7.99. The minimum atomic E-state index is -1.77. The Morgan fingerprint density at radius 2 is 1.88 bits per heavy atom. The summed E-state index contributed by atoms with van der Waals surface area (Å²) in [5, 5.41) is 1.22. The van der Waals surface area contributed by atoms with Gasteiger partial charge in [0.25, 0.3) is 11.1 Å². The highest BCUT2D eigenvalue weighted by molar-refractivity contribution is 9.10. The van der Waals surface area contributed by atoms with Crippen LogP contribution in [0.3, 0.4) is 0 Å². The maximum Gasteiger partial charge on any atom is 0.343 e. The molecule has 0 aromatic heterocycles. The van der Waals surface area contributed by atoms with E-state index in [-0.39, 0.29) is 17.3 Å². The van der Waals surface area contributed by atoms with Gasteiger partial charge in [0.1, 0.15) is 12.3 Å². The molecule has 178 valence electrons. The molecule has 8 nitrogen and oxygen atoms in total. The van der Waals surface area contributed by atoms with Crippen molar-refractivity contribution in [2.24, 2.45) is 0 Å². The fourth-order valence-corrected chi connectivity index (χ4v) is 3.90. The molecule has 0 atom stereocenters. The predicted molar refractivity (Wildman–Crippen MR) is 119 cm³/mol. The van der Waals surface area contributed by atoms with E-state index in [2.05, 4.69) is 20.7 Å². The molecule has 1 heterocycles. The SMILES string of the molecule is COC(=O)COc1ccc(Br)cc1/C=C1/SC(=O)N(CC(=O)Nc2ccc(F)c(F)c2F)C1=O. The quantitative estimate of drug-likeness (QED) is 0.310. The minimum absolute atomic E-state index is 0.0437. The maximum atomic E-state index is 13.8. The van der Waals surface area contributed by atoms with Gasteiger partial charge in [-0.25, -0.2) is 18.0 Å². The van der Waals surface area contributed by atoms with Crippen molar-refractivity contribution in [2.45, 2.75) is 0 Å². The number of imide groups is 1. The predicted octanol–water partition coefficient (Wildman–Crippen LogP) is 4.09. The minimum Gasteiger partial charge on any atom is -0.481 e. The van der Waals surface area contributed by atoms with Gasteiger partial charge < -0.3 is 14.8 Å². The van der Waals surface area contributed by atoms with Crippen molar-refractivity contribution in [3.8, 4) is 5.75 Å². The second-order valence-electron chi connectivity index (χ2n) is 6.59. The first kappa shape index (κ1) is 25.3. The number of methoxy groups -OCH3 is 1. The molecule has 1 fully saturated rings. The second kappa shape index (κ2) is 10.7. The fourth-order valence-electron chi connectivity index (χ4n) is 2.69. The van der Waals surface area contributed by atoms with Gasteiger partial charge in [0.2, 0.25) is 5.91 Å². The lowest BCUT2D eigenvalue weighted by Gasteiger charge is -2.13. The summed E-state index contributed by atoms with van der Waals surface area (Å²) in [4.78, 5) is 49.1. The van der Waals surface area contributed by atoms with E-state index in [4.69, 9.17) is 4.74 Å². The number of benzene rings is 2. The molecule has 0 spiro atoms. The second-order valence-corrected chi connectivity index (χ2v) is 8.49. The summed E-state index contributed by atoms with van der Waals surface area (Å²) in [5.41, 5.74) is -0.287. The fraction of sp³-hybridized carbons (Fsp3) is 0.143. The van der Waals surface area contributed by atoms with Crippen LogP contribution in [0.5, 0.6) is 5.75 Å². The molecule has 1 N–H and O–H groups in total. The summed E-state index contributed by atoms with van der Waals surface area (Å²) >= 11 is 3.83. The number of anilines is 1. The summed E-state index contributed by atoms with van der Waals surface area (Å²) in [6, 6.07) is 6.18. The zero-order valence-electron chi connectivity index (χ0n) is 17.2. The third-order valence-corrected chi connectivity index (χ3v) is 5.72. The van der Waals surface area contributed by atoms with Gasteiger partial charge in [-0.2, -0.15) is 0 Å². The van der Waals surface area contributed by atoms with Gasteiger partial charge >= 0.3 is 5.97 Å². The number of amides is 3. The van der Waals surface area contributed by atoms with Crippen LogP contribution >= 0.6 is 27.7 Å². The van der Waals surface area contributed by atoms with E-state index in [0.717, 1.165) is 6.07 Å². The smallest absolute Gasteiger partial charge is 0.343 e. The van der Waals surface area contributed by atoms with Gasteiger partial charge in [0.15, 0.2) is 24.1 Å². The van der Waals surface area contributed by atoms with E-state index >= 15 is 0 Å². The normalized spacial score (nSPS) is 14.5. The van der Waals surface area contributed by atoms with Gasteiger partial charge in [0, 0.05) is 10.0 Å². The molecular formula is C21H14BrF3N2O6S. The molecule has 13 heteroatoms. The first-order chi connectivity index (χ1) is 16.1. The van der Waals surface area contributed by atoms with E-state index in [1.54, 1.807) is 12.1 Å². The molecule has 0 aliphatic carbocycles. The van der Waals surface area contributed by atoms with E-state index in [9.17, 15) is 32.3 Å². The van der Waals surface area contributed by atoms with Crippen LogP contribution in [0.15, 0.2) is 39.7 Å². The van der Waals surface area contributed by atoms with Gasteiger partial charge in [-0.15, -0.1) is 0 Å². The van der Waals surface area contributed by atoms with Gasteiger partial charge in [-0.3, -0.25) is 19.3 Å². The number of hydrogen-bond acceptors (Lipinski definition) is 7. The van der Waals surface area contributed by atoms with Crippen molar-refractivity contribution in [1.82, 2.24) is 4.90 Å². The number of hydrogen-bond donors (Lipinski definition) is 1. The largest absolute Gasteiger partial charge is 0.481 e. The van der Waals surface area contributed by atoms with Gasteiger partial charge in [-0.1, -0.05) is 15.9 Å². The number of carbonyl (C=O) groups excluding carboxylic acids is 4. The number of halogens is 4. The highest BCUT2D eigenvalue weighted by Gasteiger charge is 2.36. The van der Waals surface area contributed by atoms with Crippen LogP contribution in [-0.2, 0) is 19.1 Å². The molecule has 0 unspecified atom stereocenters. The lowest BCUT2D eigenvalue weighted by atomic mass is 10.2. The third-order valence-electron chi connectivity index (χ3n) is 4.32. The van der Waals surface area contributed by atoms with Crippen molar-refractivity contribution in [1.29, 1.82) is 0 Å². The number of thioether (sulfide) groups is 1. The Morgan fingerprint density at radius 1 is 1.15 bits per heavy atom. The molecule has 3 rings (SSSR count). The number of ether oxygens (including phenoxy) is 2. The van der Waals surface area contributed by atoms with Crippen molar-refractivity contribution in [2.75, 3.05) is 25.6 Å². The summed E-state index contributed by atoms with van der Waals surface area (Å²) in [6.07, 6.45) is 1.34. The molecule has 0 saturated carbocycles. The van der Waals surface area contributed by atoms with Crippen LogP contribution in [0.4, 0.5) is 23.7 Å². The molecule has 0 radical (unpaired) electrons. The highest BCUT2D eigenvalue weighted by Crippen LogP contribution is 2.35. The van der Waals surface area contributed by atoms with Crippen LogP contribution in [-0.4, -0.2) is 48.2 Å². The molecule has 2 aromatic carbocycles. The number of nitrogens with zero attached hydrogens (tertiary/aromatic N) is 1. The van der Waals surface area contributed by atoms with Crippen LogP contribution in [0.1, 0.15) is 5.56 Å². The van der Waals surface area contributed by atoms with Crippen molar-refractivity contribution >= 4 is 62.5 Å². The van der Waals surface area contributed by atoms with Crippen LogP contribution < -0.4 is 10.1 Å². The summed E-state index contributed by atoms with van der Waals surface area (Å²) in [6.45, 7) is -1.17. The molecule has 1 aliphatic heterocycles. The summed E-state index contributed by atoms with van der Waals surface area (Å²) in [7, 11) is 1.20. The van der Waals surface area contributed by atoms with E-state index in [1.807, 2.05) is 5.32 Å². The zero-order chi connectivity index (χ0) is 25.0. The summed E-state index contributed by atoms with van der Waals surface area (Å²) in [5.74, 6) is -7.03. The number of esters is 1. The molecular weight excluding hydrogens is 545 g/mol. The molecule has 0 bridgehead atoms. The average molecular weight is 559 g/mol. The average Bonchev–Trinajstić information content (AvgIpc) is 3.06. The molecule has 1 saturated heterocycles. The van der Waals surface area contributed by atoms with E-state index in [1.165, 1.54) is 19.3 Å². The Balaban J connectivity index is 1.76. The standard InChI is InChI=1S/C21H14BrF3N2O6S/c1-32-17(29)9-33-14-5-2-11(22)6-10(14)7-15-20(30)27(21(31)34-15)8-16(28)26-13-4-3-12(23)18(24)19(13)25/h2-7H,8-9H2,1H3,(H,26,28)/b15-7+. The van der Waals surface area contributed by atoms with Gasteiger partial charge in [0.05, 0.1) is 17.7 Å². The van der Waals surface area contributed by atoms with Crippen molar-refractivity contribution in [3.05, 3.63) is 62.7 Å². The van der Waals surface area contributed by atoms with Crippen LogP contribution in [0.25, 0.3) is 6.08 Å². The maximum absolute atomic E-state index is 13.8. The first-order valence-electron chi connectivity index (χ1n) is 9.28. The van der Waals surface area contributed by atoms with Crippen LogP contribution in [0, 0.1) is 17.5 Å². The number of rotatable bonds is 7. The number of nitrogens with one attached hydrogen (secondary N) is 1. The number of carbonyl (C=O) groups is 4. The Morgan fingerprint density at radius 3 is 2.59 bits per heavy atom. The molecule has 2 aromatic rings. The monoisotopic (exact) mass is 558 g/mol. The first-order valence-corrected chi connectivity index (χ1v) is 10.9. The Bertz CT molecular complexity index is 1220. The van der Waals surface area contributed by atoms with Crippen LogP contribution in [0.2, 0.25) is 0 Å². The molecule has 34 heavy (non-hydrogen) atoms. The third kappa shape index (κ3) is 5.78. The molecule has 1 aliphatic rings. The zero-order valence-corrected chi connectivity index (χ0v) is 19.6. The van der Waals surface area contributed by atoms with Crippen molar-refractivity contribution in [3.63, 3.8) is 0 Å². The van der Waals surface area contributed by atoms with E-state index < -0.39 is 52.7 Å². The topological polar surface area (TPSA) is 102 Å². The highest BCUT2D eigenvalue weighted by atomic mass is 79.9.